The van der Waals surface area contributed by atoms with E-state index in [0.717, 1.165) is 5.56 Å². The number of piperazine rings is 1. The molecule has 0 spiro atoms. The molecule has 1 aromatic rings. The highest BCUT2D eigenvalue weighted by atomic mass is 16.2. The third kappa shape index (κ3) is 3.26. The topological polar surface area (TPSA) is 49.4 Å². The number of carbonyl (C=O) groups is 2. The number of benzene rings is 1. The molecule has 2 unspecified atom stereocenters. The molecule has 1 aromatic carbocycles. The van der Waals surface area contributed by atoms with Crippen LogP contribution in [-0.4, -0.2) is 28.8 Å². The van der Waals surface area contributed by atoms with E-state index < -0.39 is 6.04 Å². The van der Waals surface area contributed by atoms with Crippen LogP contribution in [0.1, 0.15) is 38.3 Å². The molecule has 0 aliphatic carbocycles. The predicted molar refractivity (Wildman–Crippen MR) is 82.6 cm³/mol. The smallest absolute Gasteiger partial charge is 0.246 e. The zero-order chi connectivity index (χ0) is 15.6. The van der Waals surface area contributed by atoms with Gasteiger partial charge in [-0.3, -0.25) is 9.59 Å². The van der Waals surface area contributed by atoms with Crippen molar-refractivity contribution in [2.45, 2.75) is 52.7 Å². The first-order chi connectivity index (χ1) is 9.93. The SMILES string of the molecule is CCC1NC(=O)C(C(C)C)N(Cc2ccc(C)cc2)C1=O. The molecule has 4 heteroatoms. The molecule has 1 N–H and O–H groups in total. The highest BCUT2D eigenvalue weighted by Gasteiger charge is 2.40. The van der Waals surface area contributed by atoms with Crippen molar-refractivity contribution in [3.8, 4) is 0 Å². The van der Waals surface area contributed by atoms with Crippen molar-refractivity contribution in [1.82, 2.24) is 10.2 Å². The van der Waals surface area contributed by atoms with Crippen molar-refractivity contribution in [2.24, 2.45) is 5.92 Å². The Kier molecular flexibility index (Phi) is 4.66. The van der Waals surface area contributed by atoms with Gasteiger partial charge in [-0.2, -0.15) is 0 Å². The molecule has 0 saturated carbocycles. The number of nitrogens with zero attached hydrogens (tertiary/aromatic N) is 1. The van der Waals surface area contributed by atoms with Crippen molar-refractivity contribution >= 4 is 11.8 Å². The van der Waals surface area contributed by atoms with Crippen LogP contribution in [0.2, 0.25) is 0 Å². The number of amides is 2. The summed E-state index contributed by atoms with van der Waals surface area (Å²) in [5.74, 6) is 0.0807. The Morgan fingerprint density at radius 3 is 2.33 bits per heavy atom. The van der Waals surface area contributed by atoms with Crippen LogP contribution >= 0.6 is 0 Å². The molecule has 1 aliphatic rings. The van der Waals surface area contributed by atoms with Crippen LogP contribution in [0, 0.1) is 12.8 Å². The normalized spacial score (nSPS) is 22.6. The van der Waals surface area contributed by atoms with Gasteiger partial charge in [-0.15, -0.1) is 0 Å². The molecule has 4 nitrogen and oxygen atoms in total. The lowest BCUT2D eigenvalue weighted by atomic mass is 9.95. The Balaban J connectivity index is 2.27. The molecule has 1 heterocycles. The molecule has 2 amide bonds. The third-order valence-electron chi connectivity index (χ3n) is 4.02. The molecule has 0 aromatic heterocycles. The second-order valence-corrected chi connectivity index (χ2v) is 6.11. The van der Waals surface area contributed by atoms with Crippen molar-refractivity contribution < 1.29 is 9.59 Å². The average molecular weight is 288 g/mol. The van der Waals surface area contributed by atoms with Crippen LogP contribution in [-0.2, 0) is 16.1 Å². The number of nitrogens with one attached hydrogen (secondary N) is 1. The van der Waals surface area contributed by atoms with E-state index in [4.69, 9.17) is 0 Å². The largest absolute Gasteiger partial charge is 0.343 e. The van der Waals surface area contributed by atoms with Gasteiger partial charge in [0.25, 0.3) is 0 Å². The summed E-state index contributed by atoms with van der Waals surface area (Å²) < 4.78 is 0. The molecular formula is C17H24N2O2. The standard InChI is InChI=1S/C17H24N2O2/c1-5-14-17(21)19(15(11(2)3)16(20)18-14)10-13-8-6-12(4)7-9-13/h6-9,11,14-15H,5,10H2,1-4H3,(H,18,20). The summed E-state index contributed by atoms with van der Waals surface area (Å²) in [5.41, 5.74) is 2.25. The van der Waals surface area contributed by atoms with Gasteiger partial charge in [0, 0.05) is 6.54 Å². The number of hydrogen-bond donors (Lipinski definition) is 1. The van der Waals surface area contributed by atoms with Crippen LogP contribution in [0.25, 0.3) is 0 Å². The maximum Gasteiger partial charge on any atom is 0.246 e. The van der Waals surface area contributed by atoms with Gasteiger partial charge in [-0.1, -0.05) is 50.6 Å². The molecule has 1 fully saturated rings. The minimum Gasteiger partial charge on any atom is -0.343 e. The van der Waals surface area contributed by atoms with Crippen molar-refractivity contribution in [3.05, 3.63) is 35.4 Å². The summed E-state index contributed by atoms with van der Waals surface area (Å²) >= 11 is 0. The molecule has 1 saturated heterocycles. The number of hydrogen-bond acceptors (Lipinski definition) is 2. The summed E-state index contributed by atoms with van der Waals surface area (Å²) in [4.78, 5) is 26.6. The van der Waals surface area contributed by atoms with E-state index in [-0.39, 0.29) is 23.8 Å². The van der Waals surface area contributed by atoms with E-state index in [1.165, 1.54) is 5.56 Å². The van der Waals surface area contributed by atoms with E-state index in [9.17, 15) is 9.59 Å². The average Bonchev–Trinajstić information content (AvgIpc) is 2.44. The second-order valence-electron chi connectivity index (χ2n) is 6.11. The second kappa shape index (κ2) is 6.29. The van der Waals surface area contributed by atoms with Gasteiger partial charge in [0.2, 0.25) is 11.8 Å². The summed E-state index contributed by atoms with van der Waals surface area (Å²) in [7, 11) is 0. The van der Waals surface area contributed by atoms with Gasteiger partial charge in [-0.05, 0) is 24.8 Å². The molecular weight excluding hydrogens is 264 g/mol. The molecule has 1 aliphatic heterocycles. The lowest BCUT2D eigenvalue weighted by molar-refractivity contribution is -0.152. The molecule has 0 bridgehead atoms. The van der Waals surface area contributed by atoms with Gasteiger partial charge in [0.1, 0.15) is 12.1 Å². The van der Waals surface area contributed by atoms with Gasteiger partial charge in [0.05, 0.1) is 0 Å². The number of aryl methyl sites for hydroxylation is 1. The predicted octanol–water partition coefficient (Wildman–Crippen LogP) is 2.26. The van der Waals surface area contributed by atoms with Crippen LogP contribution in [0.4, 0.5) is 0 Å². The maximum absolute atomic E-state index is 12.6. The van der Waals surface area contributed by atoms with E-state index in [0.29, 0.717) is 13.0 Å². The first kappa shape index (κ1) is 15.5. The minimum absolute atomic E-state index is 0.0244. The number of carbonyl (C=O) groups excluding carboxylic acids is 2. The molecule has 0 radical (unpaired) electrons. The zero-order valence-electron chi connectivity index (χ0n) is 13.2. The maximum atomic E-state index is 12.6. The highest BCUT2D eigenvalue weighted by molar-refractivity contribution is 5.97. The van der Waals surface area contributed by atoms with Crippen LogP contribution in [0.15, 0.2) is 24.3 Å². The summed E-state index contributed by atoms with van der Waals surface area (Å²) in [6.07, 6.45) is 0.625. The Morgan fingerprint density at radius 2 is 1.81 bits per heavy atom. The van der Waals surface area contributed by atoms with Crippen molar-refractivity contribution in [3.63, 3.8) is 0 Å². The molecule has 114 valence electrons. The van der Waals surface area contributed by atoms with Gasteiger partial charge >= 0.3 is 0 Å². The molecule has 2 atom stereocenters. The van der Waals surface area contributed by atoms with Crippen LogP contribution in [0.3, 0.4) is 0 Å². The fraction of sp³-hybridized carbons (Fsp3) is 0.529. The number of rotatable bonds is 4. The van der Waals surface area contributed by atoms with E-state index in [1.807, 2.05) is 52.0 Å². The third-order valence-corrected chi connectivity index (χ3v) is 4.02. The van der Waals surface area contributed by atoms with E-state index in [2.05, 4.69) is 5.32 Å². The molecule has 21 heavy (non-hydrogen) atoms. The first-order valence-electron chi connectivity index (χ1n) is 7.60. The Bertz CT molecular complexity index is 522. The van der Waals surface area contributed by atoms with Gasteiger partial charge < -0.3 is 10.2 Å². The fourth-order valence-corrected chi connectivity index (χ4v) is 2.80. The summed E-state index contributed by atoms with van der Waals surface area (Å²) in [6, 6.07) is 7.33. The molecule has 2 rings (SSSR count). The fourth-order valence-electron chi connectivity index (χ4n) is 2.80. The van der Waals surface area contributed by atoms with Crippen LogP contribution < -0.4 is 5.32 Å². The first-order valence-corrected chi connectivity index (χ1v) is 7.60. The van der Waals surface area contributed by atoms with Crippen LogP contribution in [0.5, 0.6) is 0 Å². The highest BCUT2D eigenvalue weighted by Crippen LogP contribution is 2.21. The van der Waals surface area contributed by atoms with E-state index in [1.54, 1.807) is 4.90 Å². The monoisotopic (exact) mass is 288 g/mol. The summed E-state index contributed by atoms with van der Waals surface area (Å²) in [6.45, 7) is 8.40. The van der Waals surface area contributed by atoms with E-state index >= 15 is 0 Å². The van der Waals surface area contributed by atoms with Crippen molar-refractivity contribution in [2.75, 3.05) is 0 Å². The summed E-state index contributed by atoms with van der Waals surface area (Å²) in [5, 5.41) is 2.84. The van der Waals surface area contributed by atoms with Gasteiger partial charge in [0.15, 0.2) is 0 Å². The Morgan fingerprint density at radius 1 is 1.19 bits per heavy atom. The minimum atomic E-state index is -0.391. The quantitative estimate of drug-likeness (QED) is 0.924. The zero-order valence-corrected chi connectivity index (χ0v) is 13.2. The lowest BCUT2D eigenvalue weighted by Crippen LogP contribution is -2.64. The van der Waals surface area contributed by atoms with Gasteiger partial charge in [-0.25, -0.2) is 0 Å². The van der Waals surface area contributed by atoms with Crippen molar-refractivity contribution in [1.29, 1.82) is 0 Å². The Hall–Kier alpha value is -1.84. The lowest BCUT2D eigenvalue weighted by Gasteiger charge is -2.40. The Labute approximate surface area is 126 Å².